The number of guanidine groups is 1. The summed E-state index contributed by atoms with van der Waals surface area (Å²) in [6.45, 7) is 4.53. The Morgan fingerprint density at radius 2 is 2.14 bits per heavy atom. The first-order valence-electron chi connectivity index (χ1n) is 7.46. The number of thioether (sulfide) groups is 1. The number of hydrogen-bond acceptors (Lipinski definition) is 3. The van der Waals surface area contributed by atoms with E-state index in [-0.39, 0.29) is 28.7 Å². The van der Waals surface area contributed by atoms with Crippen molar-refractivity contribution in [2.24, 2.45) is 10.7 Å². The molecule has 0 unspecified atom stereocenters. The molecule has 1 saturated heterocycles. The average molecular weight is 435 g/mol. The third-order valence-corrected chi connectivity index (χ3v) is 5.39. The molecular weight excluding hydrogens is 409 g/mol. The number of benzene rings is 1. The summed E-state index contributed by atoms with van der Waals surface area (Å²) >= 11 is 1.88. The Balaban J connectivity index is 0.00000242. The fraction of sp³-hybridized carbons (Fsp3) is 0.562. The van der Waals surface area contributed by atoms with E-state index in [2.05, 4.69) is 35.6 Å². The number of rotatable bonds is 5. The smallest absolute Gasteiger partial charge is 0.193 e. The second-order valence-electron chi connectivity index (χ2n) is 5.38. The minimum Gasteiger partial charge on any atom is -0.381 e. The van der Waals surface area contributed by atoms with E-state index in [1.165, 1.54) is 5.56 Å². The minimum absolute atomic E-state index is 0. The SMILES string of the molecule is CCc1cccc(NC(N)=NCC2(SC)CCOCC2)c1.I. The first kappa shape index (κ1) is 19.6. The molecule has 0 atom stereocenters. The summed E-state index contributed by atoms with van der Waals surface area (Å²) in [5.74, 6) is 0.489. The van der Waals surface area contributed by atoms with Crippen molar-refractivity contribution in [3.8, 4) is 0 Å². The van der Waals surface area contributed by atoms with Crippen LogP contribution in [0.3, 0.4) is 0 Å². The highest BCUT2D eigenvalue weighted by Gasteiger charge is 2.31. The zero-order valence-electron chi connectivity index (χ0n) is 13.3. The molecule has 6 heteroatoms. The molecular formula is C16H26IN3OS. The van der Waals surface area contributed by atoms with Crippen molar-refractivity contribution in [3.63, 3.8) is 0 Å². The molecule has 0 spiro atoms. The van der Waals surface area contributed by atoms with Crippen molar-refractivity contribution >= 4 is 47.4 Å². The molecule has 1 fully saturated rings. The van der Waals surface area contributed by atoms with Gasteiger partial charge in [0.2, 0.25) is 0 Å². The van der Waals surface area contributed by atoms with E-state index in [1.807, 2.05) is 23.9 Å². The summed E-state index contributed by atoms with van der Waals surface area (Å²) in [5.41, 5.74) is 8.32. The van der Waals surface area contributed by atoms with Gasteiger partial charge in [-0.2, -0.15) is 11.8 Å². The van der Waals surface area contributed by atoms with Gasteiger partial charge in [-0.15, -0.1) is 24.0 Å². The van der Waals surface area contributed by atoms with Gasteiger partial charge < -0.3 is 15.8 Å². The Labute approximate surface area is 154 Å². The normalized spacial score (nSPS) is 17.6. The van der Waals surface area contributed by atoms with E-state index in [4.69, 9.17) is 10.5 Å². The van der Waals surface area contributed by atoms with Crippen molar-refractivity contribution in [1.29, 1.82) is 0 Å². The maximum Gasteiger partial charge on any atom is 0.193 e. The van der Waals surface area contributed by atoms with Crippen LogP contribution in [0.15, 0.2) is 29.3 Å². The molecule has 1 aromatic rings. The van der Waals surface area contributed by atoms with Crippen molar-refractivity contribution in [2.45, 2.75) is 30.9 Å². The first-order valence-corrected chi connectivity index (χ1v) is 8.69. The van der Waals surface area contributed by atoms with Gasteiger partial charge in [0.1, 0.15) is 0 Å². The summed E-state index contributed by atoms with van der Waals surface area (Å²) in [4.78, 5) is 4.55. The van der Waals surface area contributed by atoms with Gasteiger partial charge in [0.15, 0.2) is 5.96 Å². The van der Waals surface area contributed by atoms with E-state index in [0.717, 1.165) is 44.7 Å². The molecule has 1 aliphatic rings. The first-order chi connectivity index (χ1) is 10.2. The highest BCUT2D eigenvalue weighted by Crippen LogP contribution is 2.33. The van der Waals surface area contributed by atoms with E-state index in [9.17, 15) is 0 Å². The Morgan fingerprint density at radius 3 is 2.77 bits per heavy atom. The molecule has 2 rings (SSSR count). The number of hydrogen-bond donors (Lipinski definition) is 2. The van der Waals surface area contributed by atoms with E-state index in [0.29, 0.717) is 5.96 Å². The van der Waals surface area contributed by atoms with Gasteiger partial charge in [-0.1, -0.05) is 19.1 Å². The highest BCUT2D eigenvalue weighted by atomic mass is 127. The van der Waals surface area contributed by atoms with Gasteiger partial charge in [-0.05, 0) is 43.2 Å². The number of anilines is 1. The zero-order chi connectivity index (χ0) is 15.1. The van der Waals surface area contributed by atoms with E-state index < -0.39 is 0 Å². The molecule has 1 aliphatic heterocycles. The topological polar surface area (TPSA) is 59.6 Å². The van der Waals surface area contributed by atoms with Crippen LogP contribution in [0.2, 0.25) is 0 Å². The predicted molar refractivity (Wildman–Crippen MR) is 108 cm³/mol. The summed E-state index contributed by atoms with van der Waals surface area (Å²) < 4.78 is 5.62. The molecule has 0 aromatic heterocycles. The van der Waals surface area contributed by atoms with Gasteiger partial charge in [0.05, 0.1) is 6.54 Å². The summed E-state index contributed by atoms with van der Waals surface area (Å²) in [6, 6.07) is 8.28. The van der Waals surface area contributed by atoms with E-state index >= 15 is 0 Å². The van der Waals surface area contributed by atoms with Crippen molar-refractivity contribution in [3.05, 3.63) is 29.8 Å². The molecule has 0 radical (unpaired) electrons. The van der Waals surface area contributed by atoms with Crippen LogP contribution in [-0.4, -0.2) is 36.7 Å². The van der Waals surface area contributed by atoms with Crippen molar-refractivity contribution in [1.82, 2.24) is 0 Å². The quantitative estimate of drug-likeness (QED) is 0.422. The van der Waals surface area contributed by atoms with Gasteiger partial charge in [0.25, 0.3) is 0 Å². The Hall–Kier alpha value is -0.470. The predicted octanol–water partition coefficient (Wildman–Crippen LogP) is 3.51. The third-order valence-electron chi connectivity index (χ3n) is 3.98. The molecule has 0 amide bonds. The van der Waals surface area contributed by atoms with Gasteiger partial charge >= 0.3 is 0 Å². The van der Waals surface area contributed by atoms with Gasteiger partial charge in [-0.3, -0.25) is 4.99 Å². The maximum absolute atomic E-state index is 6.03. The molecule has 22 heavy (non-hydrogen) atoms. The molecule has 3 N–H and O–H groups in total. The monoisotopic (exact) mass is 435 g/mol. The number of nitrogens with two attached hydrogens (primary N) is 1. The van der Waals surface area contributed by atoms with Gasteiger partial charge in [-0.25, -0.2) is 0 Å². The summed E-state index contributed by atoms with van der Waals surface area (Å²) in [7, 11) is 0. The number of nitrogens with zero attached hydrogens (tertiary/aromatic N) is 1. The number of halogens is 1. The molecule has 1 heterocycles. The summed E-state index contributed by atoms with van der Waals surface area (Å²) in [6.07, 6.45) is 5.24. The second kappa shape index (κ2) is 9.62. The lowest BCUT2D eigenvalue weighted by atomic mass is 9.99. The number of nitrogens with one attached hydrogen (secondary N) is 1. The minimum atomic E-state index is 0. The van der Waals surface area contributed by atoms with Crippen molar-refractivity contribution in [2.75, 3.05) is 31.3 Å². The third kappa shape index (κ3) is 5.62. The average Bonchev–Trinajstić information content (AvgIpc) is 2.54. The van der Waals surface area contributed by atoms with Crippen LogP contribution < -0.4 is 11.1 Å². The zero-order valence-corrected chi connectivity index (χ0v) is 16.4. The van der Waals surface area contributed by atoms with Crippen LogP contribution in [0, 0.1) is 0 Å². The molecule has 0 saturated carbocycles. The van der Waals surface area contributed by atoms with Crippen molar-refractivity contribution < 1.29 is 4.74 Å². The molecule has 0 bridgehead atoms. The summed E-state index contributed by atoms with van der Waals surface area (Å²) in [5, 5.41) is 3.18. The van der Waals surface area contributed by atoms with Gasteiger partial charge in [0, 0.05) is 23.6 Å². The fourth-order valence-corrected chi connectivity index (χ4v) is 3.22. The number of aliphatic imine (C=N–C) groups is 1. The highest BCUT2D eigenvalue weighted by molar-refractivity contribution is 14.0. The Morgan fingerprint density at radius 1 is 1.41 bits per heavy atom. The van der Waals surface area contributed by atoms with Crippen LogP contribution in [0.5, 0.6) is 0 Å². The van der Waals surface area contributed by atoms with E-state index in [1.54, 1.807) is 0 Å². The van der Waals surface area contributed by atoms with Crippen LogP contribution in [0.25, 0.3) is 0 Å². The van der Waals surface area contributed by atoms with Crippen LogP contribution in [-0.2, 0) is 11.2 Å². The molecule has 0 aliphatic carbocycles. The molecule has 1 aromatic carbocycles. The van der Waals surface area contributed by atoms with Crippen LogP contribution in [0.4, 0.5) is 5.69 Å². The lowest BCUT2D eigenvalue weighted by Gasteiger charge is -2.34. The maximum atomic E-state index is 6.03. The fourth-order valence-electron chi connectivity index (χ4n) is 2.46. The second-order valence-corrected chi connectivity index (χ2v) is 6.65. The number of ether oxygens (including phenoxy) is 1. The number of aryl methyl sites for hydroxylation is 1. The lowest BCUT2D eigenvalue weighted by Crippen LogP contribution is -2.37. The largest absolute Gasteiger partial charge is 0.381 e. The molecule has 124 valence electrons. The van der Waals surface area contributed by atoms with Crippen LogP contribution in [0.1, 0.15) is 25.3 Å². The van der Waals surface area contributed by atoms with Crippen LogP contribution >= 0.6 is 35.7 Å². The Kier molecular flexibility index (Phi) is 8.56. The Bertz CT molecular complexity index is 490. The lowest BCUT2D eigenvalue weighted by molar-refractivity contribution is 0.0794. The standard InChI is InChI=1S/C16H25N3OS.HI/c1-3-13-5-4-6-14(11-13)19-15(17)18-12-16(21-2)7-9-20-10-8-16;/h4-6,11H,3,7-10,12H2,1-2H3,(H3,17,18,19);1H. The molecule has 4 nitrogen and oxygen atoms in total.